The van der Waals surface area contributed by atoms with Gasteiger partial charge < -0.3 is 20.3 Å². The van der Waals surface area contributed by atoms with Crippen molar-refractivity contribution in [1.82, 2.24) is 5.32 Å². The molecule has 0 heterocycles. The number of carbonyl (C=O) groups excluding carboxylic acids is 2. The molecule has 0 rings (SSSR count). The average Bonchev–Trinajstić information content (AvgIpc) is 3.31. The van der Waals surface area contributed by atoms with Crippen molar-refractivity contribution in [3.05, 3.63) is 109 Å². The van der Waals surface area contributed by atoms with Crippen LogP contribution < -0.4 is 5.32 Å². The Balaban J connectivity index is 4.77. The molecule has 0 aliphatic heterocycles. The molecule has 66 heavy (non-hydrogen) atoms. The van der Waals surface area contributed by atoms with Crippen molar-refractivity contribution in [1.29, 1.82) is 0 Å². The van der Waals surface area contributed by atoms with E-state index < -0.39 is 18.2 Å². The van der Waals surface area contributed by atoms with E-state index in [0.29, 0.717) is 19.3 Å². The van der Waals surface area contributed by atoms with Gasteiger partial charge in [0.1, 0.15) is 6.10 Å². The molecule has 376 valence electrons. The van der Waals surface area contributed by atoms with Crippen LogP contribution in [0.4, 0.5) is 0 Å². The van der Waals surface area contributed by atoms with Crippen molar-refractivity contribution in [3.8, 4) is 0 Å². The minimum atomic E-state index is -0.813. The van der Waals surface area contributed by atoms with Crippen molar-refractivity contribution < 1.29 is 24.5 Å². The summed E-state index contributed by atoms with van der Waals surface area (Å²) in [6, 6.07) is -0.730. The number of aliphatic hydroxyl groups excluding tert-OH is 2. The summed E-state index contributed by atoms with van der Waals surface area (Å²) < 4.78 is 5.91. The molecule has 1 amide bonds. The van der Waals surface area contributed by atoms with Crippen LogP contribution in [0.25, 0.3) is 0 Å². The van der Waals surface area contributed by atoms with Gasteiger partial charge in [0.2, 0.25) is 5.91 Å². The number of esters is 1. The van der Waals surface area contributed by atoms with Crippen LogP contribution in [0.5, 0.6) is 0 Å². The largest absolute Gasteiger partial charge is 0.462 e. The molecule has 0 aromatic carbocycles. The van der Waals surface area contributed by atoms with Crippen LogP contribution in [0.3, 0.4) is 0 Å². The normalized spacial score (nSPS) is 14.1. The molecule has 0 aromatic heterocycles. The third-order valence-electron chi connectivity index (χ3n) is 11.8. The van der Waals surface area contributed by atoms with E-state index in [4.69, 9.17) is 4.74 Å². The fourth-order valence-corrected chi connectivity index (χ4v) is 7.70. The summed E-state index contributed by atoms with van der Waals surface area (Å²) in [5.74, 6) is -0.565. The molecule has 0 aromatic rings. The van der Waals surface area contributed by atoms with E-state index in [2.05, 4.69) is 80.8 Å². The zero-order valence-electron chi connectivity index (χ0n) is 42.8. The van der Waals surface area contributed by atoms with Crippen LogP contribution in [0.15, 0.2) is 109 Å². The number of hydrogen-bond donors (Lipinski definition) is 3. The molecular formula is C60H101NO5. The Labute approximate surface area is 407 Å². The second kappa shape index (κ2) is 52.5. The molecule has 3 unspecified atom stereocenters. The van der Waals surface area contributed by atoms with E-state index in [1.165, 1.54) is 103 Å². The van der Waals surface area contributed by atoms with E-state index in [1.54, 1.807) is 0 Å². The first-order valence-corrected chi connectivity index (χ1v) is 27.2. The number of ether oxygens (including phenoxy) is 1. The van der Waals surface area contributed by atoms with Crippen molar-refractivity contribution >= 4 is 11.9 Å². The van der Waals surface area contributed by atoms with E-state index in [1.807, 2.05) is 54.7 Å². The number of aliphatic hydroxyl groups is 2. The highest BCUT2D eigenvalue weighted by Crippen LogP contribution is 2.17. The van der Waals surface area contributed by atoms with E-state index in [9.17, 15) is 19.8 Å². The lowest BCUT2D eigenvalue weighted by atomic mass is 10.0. The highest BCUT2D eigenvalue weighted by atomic mass is 16.5. The second-order valence-electron chi connectivity index (χ2n) is 18.1. The summed E-state index contributed by atoms with van der Waals surface area (Å²) in [6.07, 6.45) is 71.4. The average molecular weight is 916 g/mol. The Morgan fingerprint density at radius 1 is 0.455 bits per heavy atom. The quantitative estimate of drug-likeness (QED) is 0.0321. The predicted molar refractivity (Wildman–Crippen MR) is 287 cm³/mol. The summed E-state index contributed by atoms with van der Waals surface area (Å²) in [7, 11) is 0. The third-order valence-corrected chi connectivity index (χ3v) is 11.8. The van der Waals surface area contributed by atoms with Gasteiger partial charge in [0.25, 0.3) is 0 Å². The minimum Gasteiger partial charge on any atom is -0.462 e. The fourth-order valence-electron chi connectivity index (χ4n) is 7.70. The van der Waals surface area contributed by atoms with E-state index in [-0.39, 0.29) is 24.9 Å². The molecule has 0 saturated carbocycles. The first-order chi connectivity index (χ1) is 32.5. The number of amides is 1. The Hall–Kier alpha value is -3.48. The summed E-state index contributed by atoms with van der Waals surface area (Å²) in [5.41, 5.74) is 0. The zero-order valence-corrected chi connectivity index (χ0v) is 42.8. The molecule has 6 heteroatoms. The Kier molecular flexibility index (Phi) is 49.7. The van der Waals surface area contributed by atoms with Gasteiger partial charge in [-0.2, -0.15) is 0 Å². The molecule has 0 bridgehead atoms. The zero-order chi connectivity index (χ0) is 48.1. The van der Waals surface area contributed by atoms with E-state index in [0.717, 1.165) is 83.5 Å². The van der Waals surface area contributed by atoms with Gasteiger partial charge >= 0.3 is 5.97 Å². The van der Waals surface area contributed by atoms with Crippen molar-refractivity contribution in [3.63, 3.8) is 0 Å². The number of allylic oxidation sites excluding steroid dienone is 18. The van der Waals surface area contributed by atoms with Crippen molar-refractivity contribution in [2.75, 3.05) is 6.61 Å². The molecule has 0 saturated heterocycles. The Bertz CT molecular complexity index is 1350. The molecule has 0 fully saturated rings. The first kappa shape index (κ1) is 62.5. The number of unbranched alkanes of at least 4 members (excludes halogenated alkanes) is 24. The monoisotopic (exact) mass is 916 g/mol. The van der Waals surface area contributed by atoms with Crippen LogP contribution in [-0.2, 0) is 14.3 Å². The summed E-state index contributed by atoms with van der Waals surface area (Å²) in [4.78, 5) is 26.2. The number of hydrogen-bond acceptors (Lipinski definition) is 5. The maximum Gasteiger partial charge on any atom is 0.306 e. The van der Waals surface area contributed by atoms with Crippen LogP contribution in [0.1, 0.15) is 233 Å². The maximum atomic E-state index is 13.2. The first-order valence-electron chi connectivity index (χ1n) is 27.2. The van der Waals surface area contributed by atoms with Crippen LogP contribution in [0.2, 0.25) is 0 Å². The SMILES string of the molecule is CC\C=C/C=C/C=C/C=C\C=C\C=C\CCCCCC(=O)OC(CCCCC/C=C/C=C/C=C/CCCCCCC)CC(=O)NC(CO)C(O)CCCCCCCCCCCCCCCC. The second-order valence-corrected chi connectivity index (χ2v) is 18.1. The minimum absolute atomic E-state index is 0.0300. The Morgan fingerprint density at radius 3 is 1.26 bits per heavy atom. The predicted octanol–water partition coefficient (Wildman–Crippen LogP) is 16.7. The van der Waals surface area contributed by atoms with E-state index >= 15 is 0 Å². The molecule has 0 aliphatic rings. The molecule has 3 N–H and O–H groups in total. The lowest BCUT2D eigenvalue weighted by Gasteiger charge is -2.24. The van der Waals surface area contributed by atoms with Gasteiger partial charge in [-0.3, -0.25) is 9.59 Å². The van der Waals surface area contributed by atoms with Crippen LogP contribution in [-0.4, -0.2) is 46.9 Å². The summed E-state index contributed by atoms with van der Waals surface area (Å²) >= 11 is 0. The number of carbonyl (C=O) groups is 2. The highest BCUT2D eigenvalue weighted by molar-refractivity contribution is 5.77. The molecule has 6 nitrogen and oxygen atoms in total. The highest BCUT2D eigenvalue weighted by Gasteiger charge is 2.24. The smallest absolute Gasteiger partial charge is 0.306 e. The number of nitrogens with one attached hydrogen (secondary N) is 1. The van der Waals surface area contributed by atoms with Crippen LogP contribution in [0, 0.1) is 0 Å². The fraction of sp³-hybridized carbons (Fsp3) is 0.667. The maximum absolute atomic E-state index is 13.2. The Morgan fingerprint density at radius 2 is 0.818 bits per heavy atom. The molecule has 0 radical (unpaired) electrons. The van der Waals surface area contributed by atoms with Gasteiger partial charge in [-0.15, -0.1) is 0 Å². The summed E-state index contributed by atoms with van der Waals surface area (Å²) in [5, 5.41) is 23.8. The molecule has 0 spiro atoms. The number of rotatable bonds is 47. The molecule has 3 atom stereocenters. The van der Waals surface area contributed by atoms with Gasteiger partial charge in [0.05, 0.1) is 25.2 Å². The van der Waals surface area contributed by atoms with Crippen LogP contribution >= 0.6 is 0 Å². The van der Waals surface area contributed by atoms with Crippen molar-refractivity contribution in [2.45, 2.75) is 251 Å². The topological polar surface area (TPSA) is 95.9 Å². The van der Waals surface area contributed by atoms with Gasteiger partial charge in [-0.05, 0) is 70.6 Å². The standard InChI is InChI=1S/C60H101NO5/c1-4-7-10-13-16-19-22-25-28-30-32-35-38-41-44-47-50-53-60(65)66-56(51-48-45-42-39-36-33-31-29-26-23-20-17-14-11-8-5-2)54-59(64)61-57(55-62)58(63)52-49-46-43-40-37-34-27-24-21-18-15-12-9-6-3/h7,10,13,16,19,22-23,25-26,28-33,35-36,38,56-58,62-63H,4-6,8-9,11-12,14-15,17-18,20-21,24,27,34,37,39-55H2,1-3H3,(H,61,64)/b10-7-,16-13+,22-19+,26-23+,28-25-,31-29+,32-30+,36-33+,38-35+. The van der Waals surface area contributed by atoms with Crippen molar-refractivity contribution in [2.24, 2.45) is 0 Å². The van der Waals surface area contributed by atoms with Gasteiger partial charge in [-0.25, -0.2) is 0 Å². The molecular weight excluding hydrogens is 815 g/mol. The van der Waals surface area contributed by atoms with Gasteiger partial charge in [0.15, 0.2) is 0 Å². The summed E-state index contributed by atoms with van der Waals surface area (Å²) in [6.45, 7) is 6.30. The van der Waals surface area contributed by atoms with Gasteiger partial charge in [0, 0.05) is 6.42 Å². The lowest BCUT2D eigenvalue weighted by Crippen LogP contribution is -2.46. The van der Waals surface area contributed by atoms with Gasteiger partial charge in [-0.1, -0.05) is 259 Å². The lowest BCUT2D eigenvalue weighted by molar-refractivity contribution is -0.151. The molecule has 0 aliphatic carbocycles. The third kappa shape index (κ3) is 47.0.